The SMILES string of the molecule is O=C(Nc1cc(C(F)(F)F)cc(C(F)(F)F)c1)c1cc(Cl)ccc1O.O=C(Nc1cc(C(F)(F)F)cc(C(F)(F)F)c1)c1cc(Cl)ccc1O. The first kappa shape index (κ1) is 39.6. The summed E-state index contributed by atoms with van der Waals surface area (Å²) < 4.78 is 153. The van der Waals surface area contributed by atoms with E-state index >= 15 is 0 Å². The molecule has 0 aliphatic carbocycles. The summed E-state index contributed by atoms with van der Waals surface area (Å²) in [7, 11) is 0. The van der Waals surface area contributed by atoms with Crippen LogP contribution in [-0.2, 0) is 24.7 Å². The number of phenols is 2. The smallest absolute Gasteiger partial charge is 0.416 e. The van der Waals surface area contributed by atoms with E-state index in [0.717, 1.165) is 24.3 Å². The normalized spacial score (nSPS) is 12.1. The Morgan fingerprint density at radius 3 is 0.960 bits per heavy atom. The Morgan fingerprint density at radius 1 is 0.460 bits per heavy atom. The van der Waals surface area contributed by atoms with E-state index in [2.05, 4.69) is 0 Å². The van der Waals surface area contributed by atoms with E-state index in [-0.39, 0.29) is 22.2 Å². The zero-order chi connectivity index (χ0) is 38.0. The first-order valence-electron chi connectivity index (χ1n) is 12.9. The third-order valence-electron chi connectivity index (χ3n) is 6.10. The van der Waals surface area contributed by atoms with Gasteiger partial charge >= 0.3 is 24.7 Å². The van der Waals surface area contributed by atoms with Gasteiger partial charge in [0.1, 0.15) is 11.5 Å². The minimum atomic E-state index is -5.04. The van der Waals surface area contributed by atoms with Gasteiger partial charge in [-0.3, -0.25) is 9.59 Å². The second-order valence-electron chi connectivity index (χ2n) is 9.82. The second kappa shape index (κ2) is 14.6. The summed E-state index contributed by atoms with van der Waals surface area (Å²) in [5.41, 5.74) is -8.57. The number of amides is 2. The summed E-state index contributed by atoms with van der Waals surface area (Å²) in [6.45, 7) is 0. The van der Waals surface area contributed by atoms with Crippen molar-refractivity contribution in [2.24, 2.45) is 0 Å². The van der Waals surface area contributed by atoms with Crippen LogP contribution in [0.3, 0.4) is 0 Å². The Balaban J connectivity index is 0.000000270. The van der Waals surface area contributed by atoms with Gasteiger partial charge in [-0.15, -0.1) is 0 Å². The van der Waals surface area contributed by atoms with Crippen LogP contribution >= 0.6 is 23.2 Å². The van der Waals surface area contributed by atoms with Crippen LogP contribution in [0.25, 0.3) is 0 Å². The molecule has 50 heavy (non-hydrogen) atoms. The Labute approximate surface area is 281 Å². The van der Waals surface area contributed by atoms with Crippen LogP contribution in [0.5, 0.6) is 11.5 Å². The molecule has 0 atom stereocenters. The average Bonchev–Trinajstić information content (AvgIpc) is 2.97. The lowest BCUT2D eigenvalue weighted by atomic mass is 10.1. The molecule has 6 nitrogen and oxygen atoms in total. The monoisotopic (exact) mass is 766 g/mol. The van der Waals surface area contributed by atoms with Crippen LogP contribution < -0.4 is 10.6 Å². The number of alkyl halides is 12. The summed E-state index contributed by atoms with van der Waals surface area (Å²) >= 11 is 11.3. The summed E-state index contributed by atoms with van der Waals surface area (Å²) in [6, 6.07) is 7.95. The lowest BCUT2D eigenvalue weighted by Gasteiger charge is -2.15. The number of rotatable bonds is 4. The first-order valence-corrected chi connectivity index (χ1v) is 13.7. The minimum Gasteiger partial charge on any atom is -0.507 e. The van der Waals surface area contributed by atoms with E-state index in [9.17, 15) is 72.5 Å². The van der Waals surface area contributed by atoms with Gasteiger partial charge in [0.25, 0.3) is 11.8 Å². The zero-order valence-electron chi connectivity index (χ0n) is 23.9. The van der Waals surface area contributed by atoms with Gasteiger partial charge in [0.15, 0.2) is 0 Å². The maximum absolute atomic E-state index is 12.8. The minimum absolute atomic E-state index is 0.0444. The molecule has 2 amide bonds. The highest BCUT2D eigenvalue weighted by Crippen LogP contribution is 2.39. The van der Waals surface area contributed by atoms with Crippen molar-refractivity contribution in [2.45, 2.75) is 24.7 Å². The van der Waals surface area contributed by atoms with Crippen molar-refractivity contribution >= 4 is 46.4 Å². The largest absolute Gasteiger partial charge is 0.507 e. The highest BCUT2D eigenvalue weighted by atomic mass is 35.5. The number of hydrogen-bond acceptors (Lipinski definition) is 4. The molecule has 0 aliphatic heterocycles. The van der Waals surface area contributed by atoms with Crippen molar-refractivity contribution < 1.29 is 72.5 Å². The number of nitrogens with one attached hydrogen (secondary N) is 2. The van der Waals surface area contributed by atoms with Gasteiger partial charge in [-0.2, -0.15) is 52.7 Å². The van der Waals surface area contributed by atoms with E-state index in [1.165, 1.54) is 12.1 Å². The van der Waals surface area contributed by atoms with E-state index in [4.69, 9.17) is 23.2 Å². The number of halogens is 14. The standard InChI is InChI=1S/2C15H8ClF6NO2/c2*16-9-1-2-12(24)11(6-9)13(25)23-10-4-7(14(17,18)19)3-8(5-10)15(20,21)22/h2*1-6,24H,(H,23,25). The third-order valence-corrected chi connectivity index (χ3v) is 6.57. The fourth-order valence-corrected chi connectivity index (χ4v) is 4.18. The molecule has 0 aliphatic rings. The van der Waals surface area contributed by atoms with Crippen LogP contribution in [0.4, 0.5) is 64.1 Å². The van der Waals surface area contributed by atoms with Gasteiger partial charge in [0.2, 0.25) is 0 Å². The van der Waals surface area contributed by atoms with Crippen molar-refractivity contribution in [2.75, 3.05) is 10.6 Å². The second-order valence-corrected chi connectivity index (χ2v) is 10.7. The van der Waals surface area contributed by atoms with Gasteiger partial charge in [0.05, 0.1) is 33.4 Å². The van der Waals surface area contributed by atoms with Crippen LogP contribution in [-0.4, -0.2) is 22.0 Å². The first-order chi connectivity index (χ1) is 22.8. The maximum atomic E-state index is 12.8. The van der Waals surface area contributed by atoms with Crippen molar-refractivity contribution in [3.05, 3.63) is 116 Å². The van der Waals surface area contributed by atoms with Crippen molar-refractivity contribution in [1.82, 2.24) is 0 Å². The molecular formula is C30H16Cl2F12N2O4. The van der Waals surface area contributed by atoms with Crippen LogP contribution in [0.15, 0.2) is 72.8 Å². The molecule has 20 heteroatoms. The third kappa shape index (κ3) is 10.6. The Kier molecular flexibility index (Phi) is 11.5. The molecule has 0 unspecified atom stereocenters. The van der Waals surface area contributed by atoms with Crippen molar-refractivity contribution in [3.63, 3.8) is 0 Å². The molecular weight excluding hydrogens is 751 g/mol. The molecule has 0 aromatic heterocycles. The maximum Gasteiger partial charge on any atom is 0.416 e. The molecule has 0 spiro atoms. The molecule has 4 aromatic rings. The highest BCUT2D eigenvalue weighted by Gasteiger charge is 2.38. The van der Waals surface area contributed by atoms with Gasteiger partial charge in [-0.25, -0.2) is 0 Å². The molecule has 0 bridgehead atoms. The predicted molar refractivity (Wildman–Crippen MR) is 155 cm³/mol. The van der Waals surface area contributed by atoms with Gasteiger partial charge < -0.3 is 20.8 Å². The van der Waals surface area contributed by atoms with Crippen molar-refractivity contribution in [3.8, 4) is 11.5 Å². The number of anilines is 2. The number of phenolic OH excluding ortho intramolecular Hbond substituents is 2. The van der Waals surface area contributed by atoms with Gasteiger partial charge in [-0.05, 0) is 72.8 Å². The molecule has 0 heterocycles. The topological polar surface area (TPSA) is 98.7 Å². The average molecular weight is 767 g/mol. The predicted octanol–water partition coefficient (Wildman–Crippen LogP) is 10.7. The summed E-state index contributed by atoms with van der Waals surface area (Å²) in [6.07, 6.45) is -20.2. The fraction of sp³-hybridized carbons (Fsp3) is 0.133. The van der Waals surface area contributed by atoms with Crippen molar-refractivity contribution in [1.29, 1.82) is 0 Å². The Morgan fingerprint density at radius 2 is 0.720 bits per heavy atom. The van der Waals surface area contributed by atoms with E-state index in [1.54, 1.807) is 0 Å². The molecule has 4 N–H and O–H groups in total. The lowest BCUT2D eigenvalue weighted by molar-refractivity contribution is -0.144. The Hall–Kier alpha value is -4.84. The van der Waals surface area contributed by atoms with E-state index in [0.29, 0.717) is 24.3 Å². The Bertz CT molecular complexity index is 1710. The van der Waals surface area contributed by atoms with E-state index < -0.39 is 92.8 Å². The summed E-state index contributed by atoms with van der Waals surface area (Å²) in [5.74, 6) is -3.31. The zero-order valence-corrected chi connectivity index (χ0v) is 25.4. The molecule has 268 valence electrons. The number of carbonyl (C=O) groups is 2. The number of hydrogen-bond donors (Lipinski definition) is 4. The van der Waals surface area contributed by atoms with Crippen LogP contribution in [0, 0.1) is 0 Å². The molecule has 0 radical (unpaired) electrons. The number of benzene rings is 4. The number of aromatic hydroxyl groups is 2. The molecule has 4 rings (SSSR count). The summed E-state index contributed by atoms with van der Waals surface area (Å²) in [5, 5.41) is 23.0. The highest BCUT2D eigenvalue weighted by molar-refractivity contribution is 6.31. The lowest BCUT2D eigenvalue weighted by Crippen LogP contribution is -2.16. The number of carbonyl (C=O) groups excluding carboxylic acids is 2. The molecule has 0 saturated carbocycles. The van der Waals surface area contributed by atoms with Gasteiger partial charge in [0, 0.05) is 21.4 Å². The van der Waals surface area contributed by atoms with Gasteiger partial charge in [-0.1, -0.05) is 23.2 Å². The fourth-order valence-electron chi connectivity index (χ4n) is 3.83. The quantitative estimate of drug-likeness (QED) is 0.155. The summed E-state index contributed by atoms with van der Waals surface area (Å²) in [4.78, 5) is 24.0. The molecule has 0 fully saturated rings. The van der Waals surface area contributed by atoms with Crippen LogP contribution in [0.1, 0.15) is 43.0 Å². The molecule has 0 saturated heterocycles. The van der Waals surface area contributed by atoms with Crippen LogP contribution in [0.2, 0.25) is 10.0 Å². The molecule has 4 aromatic carbocycles. The van der Waals surface area contributed by atoms with E-state index in [1.807, 2.05) is 10.6 Å².